The van der Waals surface area contributed by atoms with Gasteiger partial charge in [0.15, 0.2) is 0 Å². The number of rotatable bonds is 3. The molecule has 1 unspecified atom stereocenters. The maximum Gasteiger partial charge on any atom is 0.258 e. The Kier molecular flexibility index (Phi) is 4.65. The molecule has 0 aliphatic carbocycles. The number of piperidine rings is 1. The maximum absolute atomic E-state index is 14.8. The molecule has 134 valence electrons. The van der Waals surface area contributed by atoms with Crippen LogP contribution in [0.15, 0.2) is 24.3 Å². The van der Waals surface area contributed by atoms with Crippen molar-refractivity contribution in [3.63, 3.8) is 0 Å². The molecule has 0 saturated carbocycles. The second kappa shape index (κ2) is 6.60. The van der Waals surface area contributed by atoms with Gasteiger partial charge in [-0.2, -0.15) is 5.26 Å². The van der Waals surface area contributed by atoms with Gasteiger partial charge in [0, 0.05) is 45.4 Å². The second-order valence-electron chi connectivity index (χ2n) is 6.82. The Morgan fingerprint density at radius 1 is 1.32 bits per heavy atom. The van der Waals surface area contributed by atoms with Gasteiger partial charge in [0.2, 0.25) is 5.91 Å². The summed E-state index contributed by atoms with van der Waals surface area (Å²) in [4.78, 5) is 15.5. The third-order valence-corrected chi connectivity index (χ3v) is 5.28. The van der Waals surface area contributed by atoms with Crippen molar-refractivity contribution in [3.8, 4) is 6.07 Å². The number of methoxy groups -OCH3 is 1. The summed E-state index contributed by atoms with van der Waals surface area (Å²) in [6.07, 6.45) is -0.0118. The topological polar surface area (TPSA) is 56.6 Å². The molecular formula is C18H21F2N3O2. The van der Waals surface area contributed by atoms with Crippen LogP contribution in [0.2, 0.25) is 0 Å². The van der Waals surface area contributed by atoms with Crippen molar-refractivity contribution in [3.05, 3.63) is 29.8 Å². The van der Waals surface area contributed by atoms with E-state index in [1.54, 1.807) is 18.2 Å². The summed E-state index contributed by atoms with van der Waals surface area (Å²) in [6.45, 7) is 0.662. The summed E-state index contributed by atoms with van der Waals surface area (Å²) < 4.78 is 34.4. The number of nitriles is 1. The number of hydrogen-bond donors (Lipinski definition) is 0. The maximum atomic E-state index is 14.8. The number of carbonyl (C=O) groups is 1. The Hall–Kier alpha value is -2.20. The number of likely N-dealkylation sites (tertiary alicyclic amines) is 1. The fraction of sp³-hybridized carbons (Fsp3) is 0.556. The zero-order valence-corrected chi connectivity index (χ0v) is 14.2. The summed E-state index contributed by atoms with van der Waals surface area (Å²) in [5.41, 5.74) is 0.0231. The molecule has 2 saturated heterocycles. The van der Waals surface area contributed by atoms with E-state index in [2.05, 4.69) is 6.07 Å². The molecule has 2 fully saturated rings. The molecule has 1 atom stereocenters. The van der Waals surface area contributed by atoms with E-state index in [0.717, 1.165) is 5.69 Å². The highest BCUT2D eigenvalue weighted by molar-refractivity contribution is 5.77. The minimum atomic E-state index is -2.82. The number of benzene rings is 1. The standard InChI is InChI=1S/C18H21F2N3O2/c1-25-11-16(24)23-8-6-18(19,20)17(13-23)5-7-22(12-17)15-4-2-3-14(9-15)10-21/h2-4,9H,5-8,11-13H2,1H3. The third-order valence-electron chi connectivity index (χ3n) is 5.28. The number of alkyl halides is 2. The number of amides is 1. The molecule has 3 rings (SSSR count). The van der Waals surface area contributed by atoms with E-state index in [-0.39, 0.29) is 38.6 Å². The zero-order valence-electron chi connectivity index (χ0n) is 14.2. The van der Waals surface area contributed by atoms with Crippen LogP contribution in [0, 0.1) is 16.7 Å². The predicted octanol–water partition coefficient (Wildman–Crippen LogP) is 2.27. The minimum absolute atomic E-state index is 0.0383. The highest BCUT2D eigenvalue weighted by atomic mass is 19.3. The van der Waals surface area contributed by atoms with Gasteiger partial charge in [0.25, 0.3) is 5.92 Å². The van der Waals surface area contributed by atoms with E-state index >= 15 is 0 Å². The molecule has 1 aromatic carbocycles. The third kappa shape index (κ3) is 3.19. The fourth-order valence-electron chi connectivity index (χ4n) is 3.82. The summed E-state index contributed by atoms with van der Waals surface area (Å²) in [5.74, 6) is -3.07. The average molecular weight is 349 g/mol. The van der Waals surface area contributed by atoms with Crippen LogP contribution in [-0.2, 0) is 9.53 Å². The van der Waals surface area contributed by atoms with Gasteiger partial charge in [-0.3, -0.25) is 4.79 Å². The van der Waals surface area contributed by atoms with Gasteiger partial charge in [-0.25, -0.2) is 8.78 Å². The van der Waals surface area contributed by atoms with Gasteiger partial charge in [-0.05, 0) is 24.6 Å². The van der Waals surface area contributed by atoms with Crippen molar-refractivity contribution >= 4 is 11.6 Å². The molecule has 0 bridgehead atoms. The molecule has 1 amide bonds. The van der Waals surface area contributed by atoms with Gasteiger partial charge in [0.05, 0.1) is 17.0 Å². The van der Waals surface area contributed by atoms with Gasteiger partial charge in [0.1, 0.15) is 6.61 Å². The van der Waals surface area contributed by atoms with E-state index in [1.807, 2.05) is 11.0 Å². The Morgan fingerprint density at radius 3 is 2.84 bits per heavy atom. The van der Waals surface area contributed by atoms with E-state index in [9.17, 15) is 13.6 Å². The first-order chi connectivity index (χ1) is 11.9. The van der Waals surface area contributed by atoms with Crippen molar-refractivity contribution in [2.75, 3.05) is 44.8 Å². The van der Waals surface area contributed by atoms with E-state index in [4.69, 9.17) is 10.00 Å². The van der Waals surface area contributed by atoms with Crippen LogP contribution in [0.25, 0.3) is 0 Å². The molecule has 1 aromatic rings. The van der Waals surface area contributed by atoms with Crippen molar-refractivity contribution < 1.29 is 18.3 Å². The fourth-order valence-corrected chi connectivity index (χ4v) is 3.82. The SMILES string of the molecule is COCC(=O)N1CCC(F)(F)C2(CCN(c3cccc(C#N)c3)C2)C1. The van der Waals surface area contributed by atoms with Crippen molar-refractivity contribution in [1.82, 2.24) is 4.90 Å². The quantitative estimate of drug-likeness (QED) is 0.840. The largest absolute Gasteiger partial charge is 0.375 e. The monoisotopic (exact) mass is 349 g/mol. The van der Waals surface area contributed by atoms with Gasteiger partial charge >= 0.3 is 0 Å². The lowest BCUT2D eigenvalue weighted by molar-refractivity contribution is -0.170. The summed E-state index contributed by atoms with van der Waals surface area (Å²) >= 11 is 0. The van der Waals surface area contributed by atoms with Crippen LogP contribution < -0.4 is 4.90 Å². The normalized spacial score (nSPS) is 25.2. The average Bonchev–Trinajstić information content (AvgIpc) is 3.03. The lowest BCUT2D eigenvalue weighted by Gasteiger charge is -2.45. The Labute approximate surface area is 145 Å². The highest BCUT2D eigenvalue weighted by Crippen LogP contribution is 2.50. The Morgan fingerprint density at radius 2 is 2.12 bits per heavy atom. The first-order valence-electron chi connectivity index (χ1n) is 8.30. The molecule has 0 N–H and O–H groups in total. The first-order valence-corrected chi connectivity index (χ1v) is 8.30. The summed E-state index contributed by atoms with van der Waals surface area (Å²) in [5, 5.41) is 9.03. The van der Waals surface area contributed by atoms with E-state index in [1.165, 1.54) is 12.0 Å². The highest BCUT2D eigenvalue weighted by Gasteiger charge is 2.59. The molecule has 7 heteroatoms. The molecule has 2 aliphatic heterocycles. The van der Waals surface area contributed by atoms with E-state index < -0.39 is 11.3 Å². The Bertz CT molecular complexity index is 704. The molecule has 0 aromatic heterocycles. The number of carbonyl (C=O) groups excluding carboxylic acids is 1. The lowest BCUT2D eigenvalue weighted by atomic mass is 9.75. The molecule has 0 radical (unpaired) electrons. The van der Waals surface area contributed by atoms with Crippen LogP contribution in [0.3, 0.4) is 0 Å². The van der Waals surface area contributed by atoms with Crippen molar-refractivity contribution in [1.29, 1.82) is 5.26 Å². The van der Waals surface area contributed by atoms with Crippen molar-refractivity contribution in [2.45, 2.75) is 18.8 Å². The molecule has 2 heterocycles. The summed E-state index contributed by atoms with van der Waals surface area (Å²) in [7, 11) is 1.42. The van der Waals surface area contributed by atoms with Gasteiger partial charge in [-0.15, -0.1) is 0 Å². The molecule has 1 spiro atoms. The van der Waals surface area contributed by atoms with Gasteiger partial charge < -0.3 is 14.5 Å². The Balaban J connectivity index is 1.82. The number of halogens is 2. The van der Waals surface area contributed by atoms with Crippen LogP contribution in [0.1, 0.15) is 18.4 Å². The first kappa shape index (κ1) is 17.6. The number of anilines is 1. The van der Waals surface area contributed by atoms with Crippen LogP contribution in [0.4, 0.5) is 14.5 Å². The number of nitrogens with zero attached hydrogens (tertiary/aromatic N) is 3. The summed E-state index contributed by atoms with van der Waals surface area (Å²) in [6, 6.07) is 9.06. The molecular weight excluding hydrogens is 328 g/mol. The molecule has 25 heavy (non-hydrogen) atoms. The van der Waals surface area contributed by atoms with Crippen LogP contribution in [0.5, 0.6) is 0 Å². The van der Waals surface area contributed by atoms with Crippen LogP contribution in [-0.4, -0.2) is 56.6 Å². The molecule has 2 aliphatic rings. The zero-order chi connectivity index (χ0) is 18.1. The number of hydrogen-bond acceptors (Lipinski definition) is 4. The van der Waals surface area contributed by atoms with Crippen LogP contribution >= 0.6 is 0 Å². The molecule has 5 nitrogen and oxygen atoms in total. The van der Waals surface area contributed by atoms with E-state index in [0.29, 0.717) is 18.5 Å². The van der Waals surface area contributed by atoms with Crippen molar-refractivity contribution in [2.24, 2.45) is 5.41 Å². The second-order valence-corrected chi connectivity index (χ2v) is 6.82. The predicted molar refractivity (Wildman–Crippen MR) is 88.4 cm³/mol. The minimum Gasteiger partial charge on any atom is -0.375 e. The van der Waals surface area contributed by atoms with Gasteiger partial charge in [-0.1, -0.05) is 6.07 Å². The lowest BCUT2D eigenvalue weighted by Crippen LogP contribution is -2.58. The smallest absolute Gasteiger partial charge is 0.258 e. The number of ether oxygens (including phenoxy) is 1.